The second-order valence-electron chi connectivity index (χ2n) is 3.17. The van der Waals surface area contributed by atoms with Gasteiger partial charge in [0.1, 0.15) is 0 Å². The summed E-state index contributed by atoms with van der Waals surface area (Å²) in [6.45, 7) is 5.37. The molecule has 0 bridgehead atoms. The number of ketones is 1. The average molecular weight is 198 g/mol. The number of rotatable bonds is 4. The lowest BCUT2D eigenvalue weighted by molar-refractivity contribution is 0.103. The largest absolute Gasteiger partial charge is 0.289 e. The maximum atomic E-state index is 11.8. The molecular weight excluding hydrogens is 184 g/mol. The summed E-state index contributed by atoms with van der Waals surface area (Å²) < 4.78 is 0. The Morgan fingerprint density at radius 2 is 1.87 bits per heavy atom. The van der Waals surface area contributed by atoms with Gasteiger partial charge in [-0.25, -0.2) is 0 Å². The number of benzene rings is 1. The number of hydrogen-bond acceptors (Lipinski definition) is 1. The predicted molar refractivity (Wildman–Crippen MR) is 63.9 cm³/mol. The van der Waals surface area contributed by atoms with Crippen LogP contribution in [-0.2, 0) is 0 Å². The standard InChI is InChI=1S/C14H14O/c1-3-4-6-9-12(2)14(15)13-10-7-5-8-11-13/h3-11H,1H2,2H3/b6-4-,12-9+. The van der Waals surface area contributed by atoms with Gasteiger partial charge >= 0.3 is 0 Å². The number of carbonyl (C=O) groups is 1. The molecule has 0 unspecified atom stereocenters. The second-order valence-corrected chi connectivity index (χ2v) is 3.17. The molecule has 1 aromatic rings. The van der Waals surface area contributed by atoms with Gasteiger partial charge in [0.25, 0.3) is 0 Å². The van der Waals surface area contributed by atoms with Crippen LogP contribution >= 0.6 is 0 Å². The molecule has 0 amide bonds. The van der Waals surface area contributed by atoms with Crippen molar-refractivity contribution in [3.05, 3.63) is 72.4 Å². The first-order valence-electron chi connectivity index (χ1n) is 4.81. The highest BCUT2D eigenvalue weighted by Gasteiger charge is 2.05. The first kappa shape index (κ1) is 11.2. The van der Waals surface area contributed by atoms with E-state index in [0.717, 1.165) is 11.1 Å². The third kappa shape index (κ3) is 3.39. The molecule has 0 N–H and O–H groups in total. The summed E-state index contributed by atoms with van der Waals surface area (Å²) in [5.74, 6) is 0.0595. The van der Waals surface area contributed by atoms with Crippen LogP contribution in [0, 0.1) is 0 Å². The molecule has 0 aliphatic carbocycles. The molecule has 0 aromatic heterocycles. The predicted octanol–water partition coefficient (Wildman–Crippen LogP) is 3.56. The van der Waals surface area contributed by atoms with Crippen LogP contribution in [0.1, 0.15) is 17.3 Å². The minimum absolute atomic E-state index is 0.0595. The van der Waals surface area contributed by atoms with Gasteiger partial charge in [-0.05, 0) is 12.5 Å². The van der Waals surface area contributed by atoms with E-state index in [2.05, 4.69) is 6.58 Å². The van der Waals surface area contributed by atoms with Crippen molar-refractivity contribution >= 4 is 5.78 Å². The van der Waals surface area contributed by atoms with Crippen molar-refractivity contribution in [3.63, 3.8) is 0 Å². The Morgan fingerprint density at radius 3 is 2.47 bits per heavy atom. The first-order valence-corrected chi connectivity index (χ1v) is 4.81. The van der Waals surface area contributed by atoms with Crippen molar-refractivity contribution in [1.82, 2.24) is 0 Å². The monoisotopic (exact) mass is 198 g/mol. The highest BCUT2D eigenvalue weighted by Crippen LogP contribution is 2.07. The summed E-state index contributed by atoms with van der Waals surface area (Å²) in [6.07, 6.45) is 7.07. The maximum absolute atomic E-state index is 11.8. The van der Waals surface area contributed by atoms with Gasteiger partial charge in [-0.15, -0.1) is 0 Å². The Bertz CT molecular complexity index is 397. The molecule has 0 heterocycles. The fourth-order valence-corrected chi connectivity index (χ4v) is 1.17. The quantitative estimate of drug-likeness (QED) is 0.410. The zero-order chi connectivity index (χ0) is 11.1. The second kappa shape index (κ2) is 5.76. The van der Waals surface area contributed by atoms with Gasteiger partial charge in [0.2, 0.25) is 0 Å². The van der Waals surface area contributed by atoms with Crippen molar-refractivity contribution in [2.24, 2.45) is 0 Å². The van der Waals surface area contributed by atoms with Crippen LogP contribution in [0.15, 0.2) is 66.8 Å². The molecule has 1 nitrogen and oxygen atoms in total. The van der Waals surface area contributed by atoms with Crippen molar-refractivity contribution in [2.75, 3.05) is 0 Å². The highest BCUT2D eigenvalue weighted by atomic mass is 16.1. The van der Waals surface area contributed by atoms with Crippen molar-refractivity contribution in [1.29, 1.82) is 0 Å². The first-order chi connectivity index (χ1) is 7.25. The van der Waals surface area contributed by atoms with E-state index in [-0.39, 0.29) is 5.78 Å². The number of allylic oxidation sites excluding steroid dienone is 5. The summed E-state index contributed by atoms with van der Waals surface area (Å²) >= 11 is 0. The average Bonchev–Trinajstić information content (AvgIpc) is 2.29. The van der Waals surface area contributed by atoms with Gasteiger partial charge in [-0.3, -0.25) is 4.79 Å². The Hall–Kier alpha value is -1.89. The van der Waals surface area contributed by atoms with E-state index < -0.39 is 0 Å². The Kier molecular flexibility index (Phi) is 4.30. The van der Waals surface area contributed by atoms with Gasteiger partial charge in [0, 0.05) is 5.56 Å². The molecular formula is C14H14O. The van der Waals surface area contributed by atoms with Gasteiger partial charge < -0.3 is 0 Å². The summed E-state index contributed by atoms with van der Waals surface area (Å²) in [6, 6.07) is 9.25. The molecule has 0 fully saturated rings. The fraction of sp³-hybridized carbons (Fsp3) is 0.0714. The Labute approximate surface area is 90.4 Å². The molecule has 0 saturated heterocycles. The lowest BCUT2D eigenvalue weighted by Gasteiger charge is -1.98. The van der Waals surface area contributed by atoms with E-state index >= 15 is 0 Å². The lowest BCUT2D eigenvalue weighted by atomic mass is 10.0. The van der Waals surface area contributed by atoms with Gasteiger partial charge in [0.05, 0.1) is 0 Å². The van der Waals surface area contributed by atoms with E-state index in [1.54, 1.807) is 18.2 Å². The summed E-state index contributed by atoms with van der Waals surface area (Å²) in [5, 5.41) is 0. The van der Waals surface area contributed by atoms with Crippen LogP contribution in [0.4, 0.5) is 0 Å². The van der Waals surface area contributed by atoms with Crippen LogP contribution in [-0.4, -0.2) is 5.78 Å². The van der Waals surface area contributed by atoms with Crippen LogP contribution in [0.2, 0.25) is 0 Å². The van der Waals surface area contributed by atoms with Crippen molar-refractivity contribution in [2.45, 2.75) is 6.92 Å². The topological polar surface area (TPSA) is 17.1 Å². The minimum atomic E-state index is 0.0595. The van der Waals surface area contributed by atoms with Gasteiger partial charge in [0.15, 0.2) is 5.78 Å². The zero-order valence-corrected chi connectivity index (χ0v) is 8.81. The van der Waals surface area contributed by atoms with Gasteiger partial charge in [-0.2, -0.15) is 0 Å². The third-order valence-electron chi connectivity index (χ3n) is 1.99. The molecule has 1 heteroatoms. The molecule has 1 aromatic carbocycles. The van der Waals surface area contributed by atoms with E-state index in [9.17, 15) is 4.79 Å². The number of hydrogen-bond donors (Lipinski definition) is 0. The molecule has 0 atom stereocenters. The van der Waals surface area contributed by atoms with E-state index in [1.807, 2.05) is 43.3 Å². The van der Waals surface area contributed by atoms with Crippen molar-refractivity contribution in [3.8, 4) is 0 Å². The van der Waals surface area contributed by atoms with E-state index in [0.29, 0.717) is 0 Å². The minimum Gasteiger partial charge on any atom is -0.289 e. The molecule has 1 rings (SSSR count). The molecule has 0 radical (unpaired) electrons. The van der Waals surface area contributed by atoms with Crippen LogP contribution in [0.5, 0.6) is 0 Å². The molecule has 0 spiro atoms. The lowest BCUT2D eigenvalue weighted by Crippen LogP contribution is -1.99. The smallest absolute Gasteiger partial charge is 0.188 e. The SMILES string of the molecule is C=C/C=C\C=C(/C)C(=O)c1ccccc1. The molecule has 76 valence electrons. The van der Waals surface area contributed by atoms with E-state index in [4.69, 9.17) is 0 Å². The normalized spacial score (nSPS) is 11.7. The van der Waals surface area contributed by atoms with Crippen LogP contribution in [0.25, 0.3) is 0 Å². The molecule has 0 saturated carbocycles. The summed E-state index contributed by atoms with van der Waals surface area (Å²) in [7, 11) is 0. The summed E-state index contributed by atoms with van der Waals surface area (Å²) in [5.41, 5.74) is 1.44. The van der Waals surface area contributed by atoms with Crippen molar-refractivity contribution < 1.29 is 4.79 Å². The van der Waals surface area contributed by atoms with Gasteiger partial charge in [-0.1, -0.05) is 61.2 Å². The molecule has 0 aliphatic heterocycles. The fourth-order valence-electron chi connectivity index (χ4n) is 1.17. The third-order valence-corrected chi connectivity index (χ3v) is 1.99. The zero-order valence-electron chi connectivity index (χ0n) is 8.81. The van der Waals surface area contributed by atoms with E-state index in [1.165, 1.54) is 0 Å². The van der Waals surface area contributed by atoms with Crippen LogP contribution in [0.3, 0.4) is 0 Å². The molecule has 0 aliphatic rings. The number of Topliss-reactive ketones (excluding diaryl/α,β-unsaturated/α-hetero) is 1. The number of carbonyl (C=O) groups excluding carboxylic acids is 1. The maximum Gasteiger partial charge on any atom is 0.188 e. The molecule has 15 heavy (non-hydrogen) atoms. The summed E-state index contributed by atoms with van der Waals surface area (Å²) in [4.78, 5) is 11.8. The van der Waals surface area contributed by atoms with Crippen LogP contribution < -0.4 is 0 Å². The Morgan fingerprint density at radius 1 is 1.20 bits per heavy atom. The highest BCUT2D eigenvalue weighted by molar-refractivity contribution is 6.08. The Balaban J connectivity index is 2.82.